The van der Waals surface area contributed by atoms with Gasteiger partial charge in [-0.25, -0.2) is 0 Å². The lowest BCUT2D eigenvalue weighted by Gasteiger charge is -2.30. The molecule has 0 spiro atoms. The number of ether oxygens (including phenoxy) is 2. The Morgan fingerprint density at radius 2 is 2.15 bits per heavy atom. The second kappa shape index (κ2) is 3.92. The Morgan fingerprint density at radius 1 is 1.54 bits per heavy atom. The quantitative estimate of drug-likeness (QED) is 0.653. The third kappa shape index (κ3) is 1.59. The highest BCUT2D eigenvalue weighted by atomic mass is 16.6. The highest BCUT2D eigenvalue weighted by Gasteiger charge is 2.52. The summed E-state index contributed by atoms with van der Waals surface area (Å²) in [6, 6.07) is 0. The van der Waals surface area contributed by atoms with Crippen molar-refractivity contribution in [3.63, 3.8) is 0 Å². The zero-order chi connectivity index (χ0) is 10.1. The summed E-state index contributed by atoms with van der Waals surface area (Å²) in [6.07, 6.45) is -0.662. The summed E-state index contributed by atoms with van der Waals surface area (Å²) in [5, 5.41) is 18.7. The monoisotopic (exact) mass is 190 g/mol. The fraction of sp³-hybridized carbons (Fsp3) is 1.00. The number of aliphatic hydroxyl groups is 2. The minimum Gasteiger partial charge on any atom is -0.394 e. The van der Waals surface area contributed by atoms with Gasteiger partial charge in [-0.2, -0.15) is 0 Å². The first-order valence-corrected chi connectivity index (χ1v) is 4.59. The number of aliphatic hydroxyl groups excluding tert-OH is 2. The molecule has 2 unspecified atom stereocenters. The molecule has 0 radical (unpaired) electrons. The molecule has 0 saturated carbocycles. The lowest BCUT2D eigenvalue weighted by Crippen LogP contribution is -2.47. The van der Waals surface area contributed by atoms with E-state index in [0.717, 1.165) is 6.42 Å². The summed E-state index contributed by atoms with van der Waals surface area (Å²) < 4.78 is 10.7. The Balaban J connectivity index is 2.80. The van der Waals surface area contributed by atoms with Crippen molar-refractivity contribution in [3.05, 3.63) is 0 Å². The van der Waals surface area contributed by atoms with Gasteiger partial charge in [0.15, 0.2) is 0 Å². The van der Waals surface area contributed by atoms with Crippen molar-refractivity contribution < 1.29 is 19.7 Å². The van der Waals surface area contributed by atoms with Crippen LogP contribution in [0.4, 0.5) is 0 Å². The van der Waals surface area contributed by atoms with Crippen molar-refractivity contribution in [2.75, 3.05) is 13.7 Å². The molecule has 1 aliphatic heterocycles. The summed E-state index contributed by atoms with van der Waals surface area (Å²) in [7, 11) is 1.55. The van der Waals surface area contributed by atoms with Crippen molar-refractivity contribution in [1.29, 1.82) is 0 Å². The van der Waals surface area contributed by atoms with Crippen LogP contribution >= 0.6 is 0 Å². The predicted molar refractivity (Wildman–Crippen MR) is 47.5 cm³/mol. The van der Waals surface area contributed by atoms with Crippen molar-refractivity contribution >= 4 is 0 Å². The molecule has 0 aromatic heterocycles. The first-order valence-electron chi connectivity index (χ1n) is 4.59. The largest absolute Gasteiger partial charge is 0.394 e. The Bertz CT molecular complexity index is 169. The van der Waals surface area contributed by atoms with Crippen LogP contribution in [0.3, 0.4) is 0 Å². The van der Waals surface area contributed by atoms with Crippen LogP contribution < -0.4 is 0 Å². The third-order valence-electron chi connectivity index (χ3n) is 2.91. The van der Waals surface area contributed by atoms with Crippen LogP contribution in [0, 0.1) is 0 Å². The molecule has 1 aliphatic rings. The lowest BCUT2D eigenvalue weighted by atomic mass is 9.91. The van der Waals surface area contributed by atoms with Gasteiger partial charge in [-0.15, -0.1) is 0 Å². The van der Waals surface area contributed by atoms with Crippen LogP contribution in [-0.2, 0) is 9.47 Å². The van der Waals surface area contributed by atoms with Gasteiger partial charge in [-0.1, -0.05) is 6.92 Å². The summed E-state index contributed by atoms with van der Waals surface area (Å²) in [5.74, 6) is 0. The Kier molecular flexibility index (Phi) is 3.29. The summed E-state index contributed by atoms with van der Waals surface area (Å²) in [5.41, 5.74) is -0.692. The van der Waals surface area contributed by atoms with Gasteiger partial charge in [0.05, 0.1) is 12.7 Å². The van der Waals surface area contributed by atoms with Crippen LogP contribution in [0.5, 0.6) is 0 Å². The maximum absolute atomic E-state index is 9.80. The minimum atomic E-state index is -0.757. The van der Waals surface area contributed by atoms with Crippen molar-refractivity contribution in [1.82, 2.24) is 0 Å². The Labute approximate surface area is 78.5 Å². The molecule has 4 heteroatoms. The average molecular weight is 190 g/mol. The maximum atomic E-state index is 9.80. The molecule has 13 heavy (non-hydrogen) atoms. The summed E-state index contributed by atoms with van der Waals surface area (Å²) in [6.45, 7) is 3.60. The number of methoxy groups -OCH3 is 1. The highest BCUT2D eigenvalue weighted by Crippen LogP contribution is 2.35. The van der Waals surface area contributed by atoms with Crippen LogP contribution in [0.25, 0.3) is 0 Å². The van der Waals surface area contributed by atoms with E-state index in [1.54, 1.807) is 7.11 Å². The molecule has 1 saturated heterocycles. The third-order valence-corrected chi connectivity index (χ3v) is 2.91. The van der Waals surface area contributed by atoms with Gasteiger partial charge in [0.2, 0.25) is 0 Å². The zero-order valence-corrected chi connectivity index (χ0v) is 8.36. The molecule has 0 bridgehead atoms. The van der Waals surface area contributed by atoms with Gasteiger partial charge in [-0.3, -0.25) is 0 Å². The summed E-state index contributed by atoms with van der Waals surface area (Å²) >= 11 is 0. The number of hydrogen-bond acceptors (Lipinski definition) is 4. The van der Waals surface area contributed by atoms with E-state index in [1.165, 1.54) is 0 Å². The van der Waals surface area contributed by atoms with Crippen molar-refractivity contribution in [2.45, 2.75) is 44.2 Å². The van der Waals surface area contributed by atoms with Crippen LogP contribution in [0.2, 0.25) is 0 Å². The maximum Gasteiger partial charge on any atom is 0.119 e. The molecule has 1 rings (SSSR count). The molecule has 0 aromatic rings. The first kappa shape index (κ1) is 10.9. The first-order chi connectivity index (χ1) is 6.10. The summed E-state index contributed by atoms with van der Waals surface area (Å²) in [4.78, 5) is 0. The van der Waals surface area contributed by atoms with E-state index in [-0.39, 0.29) is 12.7 Å². The lowest BCUT2D eigenvalue weighted by molar-refractivity contribution is -0.0933. The zero-order valence-electron chi connectivity index (χ0n) is 8.36. The van der Waals surface area contributed by atoms with E-state index >= 15 is 0 Å². The molecular weight excluding hydrogens is 172 g/mol. The van der Waals surface area contributed by atoms with Gasteiger partial charge < -0.3 is 19.7 Å². The standard InChI is InChI=1S/C9H18O4/c1-4-7-9(2,12-3)8(11)6(5-10)13-7/h6-8,10-11H,4-5H2,1-3H3/t6?,7-,8?,9-/m0/s1. The normalized spacial score (nSPS) is 45.5. The van der Waals surface area contributed by atoms with Crippen molar-refractivity contribution in [2.24, 2.45) is 0 Å². The molecule has 0 aromatic carbocycles. The molecule has 78 valence electrons. The SMILES string of the molecule is CC[C@@H]1OC(CO)C(O)[C@@]1(C)OC. The van der Waals surface area contributed by atoms with E-state index in [0.29, 0.717) is 0 Å². The molecule has 1 heterocycles. The van der Waals surface area contributed by atoms with E-state index in [1.807, 2.05) is 13.8 Å². The van der Waals surface area contributed by atoms with Crippen LogP contribution in [-0.4, -0.2) is 47.8 Å². The minimum absolute atomic E-state index is 0.148. The van der Waals surface area contributed by atoms with Crippen LogP contribution in [0.1, 0.15) is 20.3 Å². The fourth-order valence-corrected chi connectivity index (χ4v) is 1.88. The number of rotatable bonds is 3. The van der Waals surface area contributed by atoms with Gasteiger partial charge in [0, 0.05) is 7.11 Å². The van der Waals surface area contributed by atoms with E-state index in [4.69, 9.17) is 14.6 Å². The molecule has 4 nitrogen and oxygen atoms in total. The van der Waals surface area contributed by atoms with Crippen molar-refractivity contribution in [3.8, 4) is 0 Å². The Hall–Kier alpha value is -0.160. The molecule has 1 fully saturated rings. The van der Waals surface area contributed by atoms with E-state index in [9.17, 15) is 5.11 Å². The predicted octanol–water partition coefficient (Wildman–Crippen LogP) is -0.0779. The Morgan fingerprint density at radius 3 is 2.46 bits per heavy atom. The van der Waals surface area contributed by atoms with E-state index in [2.05, 4.69) is 0 Å². The van der Waals surface area contributed by atoms with E-state index < -0.39 is 17.8 Å². The molecule has 0 aliphatic carbocycles. The smallest absolute Gasteiger partial charge is 0.119 e. The molecule has 2 N–H and O–H groups in total. The second-order valence-corrected chi connectivity index (χ2v) is 3.59. The fourth-order valence-electron chi connectivity index (χ4n) is 1.88. The van der Waals surface area contributed by atoms with Gasteiger partial charge in [-0.05, 0) is 13.3 Å². The van der Waals surface area contributed by atoms with Crippen LogP contribution in [0.15, 0.2) is 0 Å². The highest BCUT2D eigenvalue weighted by molar-refractivity contribution is 5.01. The average Bonchev–Trinajstić information content (AvgIpc) is 2.41. The molecular formula is C9H18O4. The molecule has 0 amide bonds. The van der Waals surface area contributed by atoms with Gasteiger partial charge in [0.25, 0.3) is 0 Å². The topological polar surface area (TPSA) is 58.9 Å². The van der Waals surface area contributed by atoms with Gasteiger partial charge in [0.1, 0.15) is 17.8 Å². The molecule has 4 atom stereocenters. The second-order valence-electron chi connectivity index (χ2n) is 3.59. The van der Waals surface area contributed by atoms with Gasteiger partial charge >= 0.3 is 0 Å². The number of hydrogen-bond donors (Lipinski definition) is 2.